The van der Waals surface area contributed by atoms with Gasteiger partial charge in [0.05, 0.1) is 0 Å². The SMILES string of the molecule is NC1(N)OC(N)(N)C(N)(N)O1. The summed E-state index contributed by atoms with van der Waals surface area (Å²) in [4.78, 5) is 0. The van der Waals surface area contributed by atoms with Crippen LogP contribution in [0.4, 0.5) is 0 Å². The second-order valence-electron chi connectivity index (χ2n) is 2.51. The smallest absolute Gasteiger partial charge is 0.286 e. The highest BCUT2D eigenvalue weighted by molar-refractivity contribution is 4.91. The van der Waals surface area contributed by atoms with Crippen molar-refractivity contribution < 1.29 is 9.47 Å². The van der Waals surface area contributed by atoms with E-state index in [0.29, 0.717) is 0 Å². The van der Waals surface area contributed by atoms with Gasteiger partial charge in [-0.05, 0) is 0 Å². The molecule has 0 aliphatic carbocycles. The molecule has 0 spiro atoms. The van der Waals surface area contributed by atoms with Crippen LogP contribution in [0.1, 0.15) is 0 Å². The molecule has 1 saturated heterocycles. The molecule has 11 heavy (non-hydrogen) atoms. The van der Waals surface area contributed by atoms with Gasteiger partial charge >= 0.3 is 0 Å². The Hall–Kier alpha value is -0.320. The van der Waals surface area contributed by atoms with Crippen LogP contribution in [0, 0.1) is 0 Å². The van der Waals surface area contributed by atoms with E-state index in [1.165, 1.54) is 0 Å². The van der Waals surface area contributed by atoms with Crippen molar-refractivity contribution in [3.63, 3.8) is 0 Å². The zero-order valence-electron chi connectivity index (χ0n) is 5.78. The third-order valence-corrected chi connectivity index (χ3v) is 1.27. The Morgan fingerprint density at radius 1 is 0.636 bits per heavy atom. The number of nitrogens with two attached hydrogens (primary N) is 6. The van der Waals surface area contributed by atoms with Crippen molar-refractivity contribution in [3.05, 3.63) is 0 Å². The summed E-state index contributed by atoms with van der Waals surface area (Å²) >= 11 is 0. The molecule has 1 rings (SSSR count). The van der Waals surface area contributed by atoms with Crippen LogP contribution in [0.2, 0.25) is 0 Å². The minimum absolute atomic E-state index is 1.89. The normalized spacial score (nSPS) is 32.2. The van der Waals surface area contributed by atoms with Gasteiger partial charge in [0, 0.05) is 0 Å². The van der Waals surface area contributed by atoms with Gasteiger partial charge in [0.1, 0.15) is 0 Å². The maximum absolute atomic E-state index is 5.25. The Kier molecular flexibility index (Phi) is 1.50. The summed E-state index contributed by atoms with van der Waals surface area (Å²) in [5.74, 6) is -3.78. The summed E-state index contributed by atoms with van der Waals surface area (Å²) in [6, 6.07) is -1.94. The molecule has 1 fully saturated rings. The molecule has 0 radical (unpaired) electrons. The lowest BCUT2D eigenvalue weighted by molar-refractivity contribution is -0.187. The first-order valence-corrected chi connectivity index (χ1v) is 2.80. The molecule has 1 heterocycles. The van der Waals surface area contributed by atoms with Crippen LogP contribution in [-0.2, 0) is 9.47 Å². The fraction of sp³-hybridized carbons (Fsp3) is 1.00. The summed E-state index contributed by atoms with van der Waals surface area (Å²) < 4.78 is 9.18. The van der Waals surface area contributed by atoms with Crippen LogP contribution in [0.15, 0.2) is 0 Å². The third kappa shape index (κ3) is 1.34. The number of hydrogen-bond acceptors (Lipinski definition) is 8. The summed E-state index contributed by atoms with van der Waals surface area (Å²) in [5, 5.41) is 0. The minimum Gasteiger partial charge on any atom is -0.286 e. The van der Waals surface area contributed by atoms with Crippen LogP contribution in [-0.4, -0.2) is 17.7 Å². The molecule has 0 unspecified atom stereocenters. The molecule has 0 aromatic rings. The molecule has 66 valence electrons. The van der Waals surface area contributed by atoms with Gasteiger partial charge in [0.2, 0.25) is 11.7 Å². The molecular formula is C3H12N6O2. The first-order chi connectivity index (χ1) is 4.66. The molecule has 8 heteroatoms. The first-order valence-electron chi connectivity index (χ1n) is 2.80. The molecule has 0 atom stereocenters. The van der Waals surface area contributed by atoms with Crippen LogP contribution >= 0.6 is 0 Å². The Balaban J connectivity index is 2.89. The third-order valence-electron chi connectivity index (χ3n) is 1.27. The Morgan fingerprint density at radius 3 is 1.00 bits per heavy atom. The van der Waals surface area contributed by atoms with E-state index in [0.717, 1.165) is 0 Å². The average molecular weight is 164 g/mol. The van der Waals surface area contributed by atoms with Crippen molar-refractivity contribution in [3.8, 4) is 0 Å². The van der Waals surface area contributed by atoms with Gasteiger partial charge in [-0.2, -0.15) is 0 Å². The standard InChI is InChI=1S/C3H12N6O2/c4-1(5)2(6,7)11-3(8,9)10-1/h4-9H2. The molecule has 12 N–H and O–H groups in total. The largest absolute Gasteiger partial charge is 0.292 e. The van der Waals surface area contributed by atoms with Crippen LogP contribution in [0.5, 0.6) is 0 Å². The monoisotopic (exact) mass is 164 g/mol. The van der Waals surface area contributed by atoms with Crippen molar-refractivity contribution in [1.82, 2.24) is 0 Å². The highest BCUT2D eigenvalue weighted by Crippen LogP contribution is 2.24. The topological polar surface area (TPSA) is 175 Å². The summed E-state index contributed by atoms with van der Waals surface area (Å²) in [5.41, 5.74) is 31.3. The Labute approximate surface area is 62.7 Å². The van der Waals surface area contributed by atoms with Crippen molar-refractivity contribution in [2.45, 2.75) is 17.7 Å². The lowest BCUT2D eigenvalue weighted by atomic mass is 10.3. The molecule has 0 aromatic carbocycles. The zero-order chi connectivity index (χ0) is 8.91. The predicted molar refractivity (Wildman–Crippen MR) is 35.5 cm³/mol. The Bertz CT molecular complexity index is 159. The molecule has 0 aromatic heterocycles. The van der Waals surface area contributed by atoms with Crippen molar-refractivity contribution in [1.29, 1.82) is 0 Å². The first kappa shape index (κ1) is 8.77. The number of hydrogen-bond donors (Lipinski definition) is 6. The van der Waals surface area contributed by atoms with E-state index >= 15 is 0 Å². The highest BCUT2D eigenvalue weighted by atomic mass is 16.8. The van der Waals surface area contributed by atoms with Gasteiger partial charge in [-0.15, -0.1) is 0 Å². The van der Waals surface area contributed by atoms with Gasteiger partial charge in [-0.3, -0.25) is 43.9 Å². The van der Waals surface area contributed by atoms with Gasteiger partial charge in [-0.25, -0.2) is 0 Å². The van der Waals surface area contributed by atoms with Crippen LogP contribution in [0.25, 0.3) is 0 Å². The van der Waals surface area contributed by atoms with Gasteiger partial charge < -0.3 is 0 Å². The van der Waals surface area contributed by atoms with Gasteiger partial charge in [0.25, 0.3) is 6.03 Å². The van der Waals surface area contributed by atoms with E-state index in [1.807, 2.05) is 0 Å². The quantitative estimate of drug-likeness (QED) is 0.195. The fourth-order valence-electron chi connectivity index (χ4n) is 0.708. The number of rotatable bonds is 0. The molecule has 8 nitrogen and oxygen atoms in total. The molecular weight excluding hydrogens is 152 g/mol. The van der Waals surface area contributed by atoms with E-state index in [1.54, 1.807) is 0 Å². The maximum atomic E-state index is 5.25. The van der Waals surface area contributed by atoms with Crippen LogP contribution < -0.4 is 34.4 Å². The van der Waals surface area contributed by atoms with E-state index in [2.05, 4.69) is 9.47 Å². The predicted octanol–water partition coefficient (Wildman–Crippen LogP) is -4.30. The van der Waals surface area contributed by atoms with Crippen molar-refractivity contribution in [2.75, 3.05) is 0 Å². The Morgan fingerprint density at radius 2 is 0.909 bits per heavy atom. The van der Waals surface area contributed by atoms with Gasteiger partial charge in [0.15, 0.2) is 0 Å². The van der Waals surface area contributed by atoms with E-state index in [-0.39, 0.29) is 0 Å². The molecule has 1 aliphatic heterocycles. The van der Waals surface area contributed by atoms with Crippen molar-refractivity contribution >= 4 is 0 Å². The molecule has 0 bridgehead atoms. The molecule has 0 amide bonds. The second kappa shape index (κ2) is 1.88. The van der Waals surface area contributed by atoms with Crippen LogP contribution in [0.3, 0.4) is 0 Å². The summed E-state index contributed by atoms with van der Waals surface area (Å²) in [6.45, 7) is 0. The summed E-state index contributed by atoms with van der Waals surface area (Å²) in [7, 11) is 0. The van der Waals surface area contributed by atoms with E-state index < -0.39 is 17.7 Å². The minimum atomic E-state index is -1.94. The lowest BCUT2D eigenvalue weighted by Crippen LogP contribution is -2.74. The second-order valence-corrected chi connectivity index (χ2v) is 2.51. The lowest BCUT2D eigenvalue weighted by Gasteiger charge is -2.27. The highest BCUT2D eigenvalue weighted by Gasteiger charge is 2.57. The van der Waals surface area contributed by atoms with E-state index in [9.17, 15) is 0 Å². The van der Waals surface area contributed by atoms with Gasteiger partial charge in [-0.1, -0.05) is 0 Å². The summed E-state index contributed by atoms with van der Waals surface area (Å²) in [6.07, 6.45) is 0. The average Bonchev–Trinajstić information content (AvgIpc) is 1.66. The molecule has 1 aliphatic rings. The number of ether oxygens (including phenoxy) is 2. The maximum Gasteiger partial charge on any atom is 0.292 e. The molecule has 0 saturated carbocycles. The zero-order valence-corrected chi connectivity index (χ0v) is 5.78. The van der Waals surface area contributed by atoms with Crippen molar-refractivity contribution in [2.24, 2.45) is 34.4 Å². The fourth-order valence-corrected chi connectivity index (χ4v) is 0.708. The van der Waals surface area contributed by atoms with E-state index in [4.69, 9.17) is 34.4 Å².